The summed E-state index contributed by atoms with van der Waals surface area (Å²) in [6.45, 7) is 5.60. The fourth-order valence-electron chi connectivity index (χ4n) is 2.90. The molecule has 1 fully saturated rings. The number of aromatic nitrogens is 2. The monoisotopic (exact) mass is 337 g/mol. The van der Waals surface area contributed by atoms with Crippen LogP contribution in [-0.4, -0.2) is 51.9 Å². The van der Waals surface area contributed by atoms with Gasteiger partial charge in [0.2, 0.25) is 5.91 Å². The van der Waals surface area contributed by atoms with Gasteiger partial charge in [0.05, 0.1) is 12.1 Å². The van der Waals surface area contributed by atoms with Gasteiger partial charge in [0.15, 0.2) is 0 Å². The molecule has 6 heteroatoms. The van der Waals surface area contributed by atoms with Crippen LogP contribution in [0.2, 0.25) is 0 Å². The van der Waals surface area contributed by atoms with Crippen LogP contribution in [0.25, 0.3) is 10.9 Å². The first-order chi connectivity index (χ1) is 12.2. The summed E-state index contributed by atoms with van der Waals surface area (Å²) in [5.74, 6) is 1.30. The Bertz CT molecular complexity index is 807. The summed E-state index contributed by atoms with van der Waals surface area (Å²) in [6.07, 6.45) is 7.15. The van der Waals surface area contributed by atoms with Crippen LogP contribution < -0.4 is 5.73 Å². The number of benzene rings is 1. The standard InChI is InChI=1S/C19H23N5O/c1-2-3-4-9-18(25)24-12-10-23(11-13-24)14-17-21-16-8-6-5-7-15(16)19(20)22-17/h2-9H,10-14H2,1H3,(H2,20,21,22)/b3-2+,9-4+. The Morgan fingerprint density at radius 1 is 1.16 bits per heavy atom. The molecule has 0 aliphatic carbocycles. The zero-order chi connectivity index (χ0) is 17.6. The molecule has 2 heterocycles. The zero-order valence-corrected chi connectivity index (χ0v) is 14.4. The number of hydrogen-bond acceptors (Lipinski definition) is 5. The van der Waals surface area contributed by atoms with Gasteiger partial charge >= 0.3 is 0 Å². The van der Waals surface area contributed by atoms with E-state index in [1.165, 1.54) is 0 Å². The van der Waals surface area contributed by atoms with Gasteiger partial charge < -0.3 is 10.6 Å². The van der Waals surface area contributed by atoms with E-state index >= 15 is 0 Å². The number of piperazine rings is 1. The Hall–Kier alpha value is -2.73. The van der Waals surface area contributed by atoms with Crippen molar-refractivity contribution in [1.82, 2.24) is 19.8 Å². The topological polar surface area (TPSA) is 75.4 Å². The molecule has 130 valence electrons. The summed E-state index contributed by atoms with van der Waals surface area (Å²) in [4.78, 5) is 25.2. The van der Waals surface area contributed by atoms with Crippen LogP contribution in [0.3, 0.4) is 0 Å². The first kappa shape index (κ1) is 17.1. The Balaban J connectivity index is 1.60. The number of nitrogens with two attached hydrogens (primary N) is 1. The summed E-state index contributed by atoms with van der Waals surface area (Å²) in [5.41, 5.74) is 6.91. The molecule has 0 atom stereocenters. The minimum Gasteiger partial charge on any atom is -0.383 e. The number of allylic oxidation sites excluding steroid dienone is 3. The molecule has 0 bridgehead atoms. The van der Waals surface area contributed by atoms with E-state index in [1.807, 2.05) is 48.2 Å². The minimum absolute atomic E-state index is 0.0592. The number of rotatable bonds is 4. The normalized spacial score (nSPS) is 16.3. The number of anilines is 1. The third-order valence-corrected chi connectivity index (χ3v) is 4.27. The fraction of sp³-hybridized carbons (Fsp3) is 0.316. The Kier molecular flexibility index (Phi) is 5.40. The van der Waals surface area contributed by atoms with Crippen molar-refractivity contribution in [3.63, 3.8) is 0 Å². The lowest BCUT2D eigenvalue weighted by molar-refractivity contribution is -0.127. The highest BCUT2D eigenvalue weighted by Gasteiger charge is 2.20. The Labute approximate surface area is 147 Å². The smallest absolute Gasteiger partial charge is 0.246 e. The van der Waals surface area contributed by atoms with Crippen LogP contribution in [0.1, 0.15) is 12.7 Å². The summed E-state index contributed by atoms with van der Waals surface area (Å²) < 4.78 is 0. The third kappa shape index (κ3) is 4.22. The van der Waals surface area contributed by atoms with Crippen molar-refractivity contribution in [2.45, 2.75) is 13.5 Å². The quantitative estimate of drug-likeness (QED) is 0.682. The van der Waals surface area contributed by atoms with Gasteiger partial charge in [0.25, 0.3) is 0 Å². The second-order valence-electron chi connectivity index (χ2n) is 6.03. The van der Waals surface area contributed by atoms with E-state index in [1.54, 1.807) is 12.2 Å². The van der Waals surface area contributed by atoms with Gasteiger partial charge in [-0.15, -0.1) is 0 Å². The van der Waals surface area contributed by atoms with Crippen molar-refractivity contribution >= 4 is 22.6 Å². The number of hydrogen-bond donors (Lipinski definition) is 1. The first-order valence-electron chi connectivity index (χ1n) is 8.49. The van der Waals surface area contributed by atoms with Gasteiger partial charge in [-0.05, 0) is 19.1 Å². The predicted octanol–water partition coefficient (Wildman–Crippen LogP) is 1.99. The number of carbonyl (C=O) groups is 1. The molecule has 3 rings (SSSR count). The van der Waals surface area contributed by atoms with Crippen LogP contribution in [-0.2, 0) is 11.3 Å². The van der Waals surface area contributed by atoms with Crippen LogP contribution in [0.4, 0.5) is 5.82 Å². The fourth-order valence-corrected chi connectivity index (χ4v) is 2.90. The van der Waals surface area contributed by atoms with E-state index in [9.17, 15) is 4.79 Å². The molecule has 1 aromatic carbocycles. The molecule has 2 aromatic rings. The summed E-state index contributed by atoms with van der Waals surface area (Å²) in [7, 11) is 0. The van der Waals surface area contributed by atoms with E-state index < -0.39 is 0 Å². The lowest BCUT2D eigenvalue weighted by atomic mass is 10.2. The van der Waals surface area contributed by atoms with Gasteiger partial charge in [-0.25, -0.2) is 9.97 Å². The highest BCUT2D eigenvalue weighted by atomic mass is 16.2. The maximum atomic E-state index is 12.1. The van der Waals surface area contributed by atoms with Crippen molar-refractivity contribution in [3.05, 3.63) is 54.4 Å². The molecule has 0 spiro atoms. The number of fused-ring (bicyclic) bond motifs is 1. The third-order valence-electron chi connectivity index (χ3n) is 4.27. The van der Waals surface area contributed by atoms with E-state index in [0.29, 0.717) is 25.5 Å². The molecule has 1 aliphatic rings. The molecule has 1 aliphatic heterocycles. The number of para-hydroxylation sites is 1. The van der Waals surface area contributed by atoms with E-state index in [2.05, 4.69) is 14.9 Å². The van der Waals surface area contributed by atoms with E-state index in [4.69, 9.17) is 5.73 Å². The number of amides is 1. The lowest BCUT2D eigenvalue weighted by Crippen LogP contribution is -2.48. The summed E-state index contributed by atoms with van der Waals surface area (Å²) >= 11 is 0. The van der Waals surface area contributed by atoms with Crippen molar-refractivity contribution in [1.29, 1.82) is 0 Å². The average Bonchev–Trinajstić information content (AvgIpc) is 2.62. The molecule has 0 unspecified atom stereocenters. The van der Waals surface area contributed by atoms with Gasteiger partial charge in [-0.2, -0.15) is 0 Å². The number of nitrogens with zero attached hydrogens (tertiary/aromatic N) is 4. The molecule has 1 amide bonds. The van der Waals surface area contributed by atoms with Gasteiger partial charge in [-0.1, -0.05) is 30.4 Å². The maximum absolute atomic E-state index is 12.1. The molecule has 0 saturated carbocycles. The molecule has 1 aromatic heterocycles. The largest absolute Gasteiger partial charge is 0.383 e. The minimum atomic E-state index is 0.0592. The summed E-state index contributed by atoms with van der Waals surface area (Å²) in [6, 6.07) is 7.76. The maximum Gasteiger partial charge on any atom is 0.246 e. The molecular formula is C19H23N5O. The molecule has 2 N–H and O–H groups in total. The van der Waals surface area contributed by atoms with Crippen molar-refractivity contribution in [3.8, 4) is 0 Å². The van der Waals surface area contributed by atoms with Crippen molar-refractivity contribution in [2.24, 2.45) is 0 Å². The van der Waals surface area contributed by atoms with Crippen LogP contribution in [0, 0.1) is 0 Å². The highest BCUT2D eigenvalue weighted by Crippen LogP contribution is 2.18. The van der Waals surface area contributed by atoms with E-state index in [0.717, 1.165) is 29.8 Å². The van der Waals surface area contributed by atoms with Gasteiger partial charge in [0, 0.05) is 37.6 Å². The molecule has 6 nitrogen and oxygen atoms in total. The van der Waals surface area contributed by atoms with Crippen molar-refractivity contribution in [2.75, 3.05) is 31.9 Å². The molecule has 25 heavy (non-hydrogen) atoms. The number of carbonyl (C=O) groups excluding carboxylic acids is 1. The molecule has 1 saturated heterocycles. The second kappa shape index (κ2) is 7.90. The highest BCUT2D eigenvalue weighted by molar-refractivity contribution is 5.88. The van der Waals surface area contributed by atoms with Crippen LogP contribution in [0.15, 0.2) is 48.6 Å². The van der Waals surface area contributed by atoms with Crippen LogP contribution >= 0.6 is 0 Å². The molecule has 0 radical (unpaired) electrons. The number of nitrogen functional groups attached to an aromatic ring is 1. The van der Waals surface area contributed by atoms with E-state index in [-0.39, 0.29) is 5.91 Å². The van der Waals surface area contributed by atoms with Gasteiger partial charge in [-0.3, -0.25) is 9.69 Å². The van der Waals surface area contributed by atoms with Crippen molar-refractivity contribution < 1.29 is 4.79 Å². The zero-order valence-electron chi connectivity index (χ0n) is 14.4. The predicted molar refractivity (Wildman–Crippen MR) is 99.8 cm³/mol. The first-order valence-corrected chi connectivity index (χ1v) is 8.49. The lowest BCUT2D eigenvalue weighted by Gasteiger charge is -2.33. The Morgan fingerprint density at radius 2 is 1.92 bits per heavy atom. The Morgan fingerprint density at radius 3 is 2.68 bits per heavy atom. The summed E-state index contributed by atoms with van der Waals surface area (Å²) in [5, 5.41) is 0.884. The average molecular weight is 337 g/mol. The second-order valence-corrected chi connectivity index (χ2v) is 6.03. The van der Waals surface area contributed by atoms with Gasteiger partial charge in [0.1, 0.15) is 11.6 Å². The van der Waals surface area contributed by atoms with Crippen LogP contribution in [0.5, 0.6) is 0 Å². The molecular weight excluding hydrogens is 314 g/mol. The SMILES string of the molecule is C/C=C/C=C/C(=O)N1CCN(Cc2nc(N)c3ccccc3n2)CC1.